The zero-order valence-electron chi connectivity index (χ0n) is 15.1. The third-order valence-corrected chi connectivity index (χ3v) is 5.48. The van der Waals surface area contributed by atoms with Gasteiger partial charge < -0.3 is 14.5 Å². The smallest absolute Gasteiger partial charge is 0.265 e. The fraction of sp³-hybridized carbons (Fsp3) is 0.300. The van der Waals surface area contributed by atoms with E-state index in [1.165, 1.54) is 17.0 Å². The second-order valence-corrected chi connectivity index (χ2v) is 7.64. The van der Waals surface area contributed by atoms with Gasteiger partial charge in [-0.25, -0.2) is 4.39 Å². The molecule has 0 aliphatic carbocycles. The van der Waals surface area contributed by atoms with Gasteiger partial charge in [-0.05, 0) is 42.5 Å². The van der Waals surface area contributed by atoms with E-state index in [4.69, 9.17) is 4.74 Å². The molecule has 0 N–H and O–H groups in total. The lowest BCUT2D eigenvalue weighted by molar-refractivity contribution is -0.132. The molecule has 2 aliphatic heterocycles. The molecule has 0 unspecified atom stereocenters. The van der Waals surface area contributed by atoms with Gasteiger partial charge in [0.2, 0.25) is 5.91 Å². The van der Waals surface area contributed by atoms with E-state index in [1.54, 1.807) is 29.2 Å². The summed E-state index contributed by atoms with van der Waals surface area (Å²) in [6, 6.07) is 11.7. The fourth-order valence-electron chi connectivity index (χ4n) is 3.45. The van der Waals surface area contributed by atoms with Crippen LogP contribution in [0.2, 0.25) is 0 Å². The molecule has 146 valence electrons. The van der Waals surface area contributed by atoms with Crippen LogP contribution in [0.1, 0.15) is 0 Å². The number of anilines is 2. The molecule has 0 radical (unpaired) electrons. The number of halogens is 2. The molecule has 0 bridgehead atoms. The molecular formula is C20H19BrFN3O3. The van der Waals surface area contributed by atoms with Crippen molar-refractivity contribution in [3.63, 3.8) is 0 Å². The van der Waals surface area contributed by atoms with Crippen molar-refractivity contribution in [3.05, 3.63) is 52.8 Å². The van der Waals surface area contributed by atoms with Crippen molar-refractivity contribution in [2.45, 2.75) is 0 Å². The van der Waals surface area contributed by atoms with Crippen LogP contribution in [0.5, 0.6) is 5.75 Å². The summed E-state index contributed by atoms with van der Waals surface area (Å²) in [5.74, 6) is -0.000970. The van der Waals surface area contributed by atoms with Crippen molar-refractivity contribution in [3.8, 4) is 5.75 Å². The van der Waals surface area contributed by atoms with Gasteiger partial charge in [0.05, 0.1) is 5.69 Å². The Hall–Kier alpha value is -2.61. The quantitative estimate of drug-likeness (QED) is 0.725. The average molecular weight is 448 g/mol. The van der Waals surface area contributed by atoms with Crippen molar-refractivity contribution in [1.29, 1.82) is 0 Å². The van der Waals surface area contributed by atoms with Crippen LogP contribution in [0, 0.1) is 5.82 Å². The number of ether oxygens (including phenoxy) is 1. The van der Waals surface area contributed by atoms with Crippen molar-refractivity contribution >= 4 is 39.1 Å². The number of rotatable bonds is 3. The Kier molecular flexibility index (Phi) is 5.21. The van der Waals surface area contributed by atoms with Gasteiger partial charge in [-0.2, -0.15) is 0 Å². The van der Waals surface area contributed by atoms with Crippen LogP contribution in [0.3, 0.4) is 0 Å². The number of fused-ring (bicyclic) bond motifs is 1. The summed E-state index contributed by atoms with van der Waals surface area (Å²) in [6.07, 6.45) is 0. The summed E-state index contributed by atoms with van der Waals surface area (Å²) >= 11 is 3.38. The molecule has 0 spiro atoms. The van der Waals surface area contributed by atoms with Crippen molar-refractivity contribution < 1.29 is 18.7 Å². The highest BCUT2D eigenvalue weighted by Crippen LogP contribution is 2.34. The zero-order chi connectivity index (χ0) is 19.7. The molecule has 2 amide bonds. The minimum Gasteiger partial charge on any atom is -0.482 e. The fourth-order valence-corrected chi connectivity index (χ4v) is 3.79. The lowest BCUT2D eigenvalue weighted by Crippen LogP contribution is -2.53. The van der Waals surface area contributed by atoms with E-state index < -0.39 is 0 Å². The Morgan fingerprint density at radius 3 is 2.50 bits per heavy atom. The third-order valence-electron chi connectivity index (χ3n) is 4.98. The Morgan fingerprint density at radius 1 is 1.07 bits per heavy atom. The predicted octanol–water partition coefficient (Wildman–Crippen LogP) is 2.66. The molecule has 8 heteroatoms. The molecular weight excluding hydrogens is 429 g/mol. The highest BCUT2D eigenvalue weighted by atomic mass is 79.9. The number of hydrogen-bond donors (Lipinski definition) is 0. The number of hydrogen-bond acceptors (Lipinski definition) is 4. The van der Waals surface area contributed by atoms with Crippen LogP contribution in [-0.2, 0) is 9.59 Å². The van der Waals surface area contributed by atoms with E-state index >= 15 is 0 Å². The number of carbonyl (C=O) groups excluding carboxylic acids is 2. The SMILES string of the molecule is O=C(CN1C(=O)COc2cc(Br)ccc21)N1CCN(c2ccc(F)cc2)CC1. The van der Waals surface area contributed by atoms with E-state index in [0.717, 1.165) is 10.2 Å². The lowest BCUT2D eigenvalue weighted by atomic mass is 10.2. The largest absolute Gasteiger partial charge is 0.482 e. The third kappa shape index (κ3) is 3.82. The van der Waals surface area contributed by atoms with Crippen LogP contribution in [0.25, 0.3) is 0 Å². The monoisotopic (exact) mass is 447 g/mol. The highest BCUT2D eigenvalue weighted by Gasteiger charge is 2.30. The van der Waals surface area contributed by atoms with Gasteiger partial charge in [0, 0.05) is 36.3 Å². The van der Waals surface area contributed by atoms with Gasteiger partial charge in [-0.1, -0.05) is 15.9 Å². The topological polar surface area (TPSA) is 53.1 Å². The van der Waals surface area contributed by atoms with Crippen molar-refractivity contribution in [2.24, 2.45) is 0 Å². The highest BCUT2D eigenvalue weighted by molar-refractivity contribution is 9.10. The van der Waals surface area contributed by atoms with E-state index in [1.807, 2.05) is 6.07 Å². The van der Waals surface area contributed by atoms with Crippen LogP contribution < -0.4 is 14.5 Å². The molecule has 0 saturated carbocycles. The van der Waals surface area contributed by atoms with E-state index in [0.29, 0.717) is 37.6 Å². The number of piperazine rings is 1. The Labute approximate surface area is 170 Å². The average Bonchev–Trinajstić information content (AvgIpc) is 2.71. The van der Waals surface area contributed by atoms with Crippen LogP contribution in [-0.4, -0.2) is 56.0 Å². The Bertz CT molecular complexity index is 898. The molecule has 2 aromatic rings. The number of amides is 2. The summed E-state index contributed by atoms with van der Waals surface area (Å²) < 4.78 is 19.4. The number of nitrogens with zero attached hydrogens (tertiary/aromatic N) is 3. The van der Waals surface area contributed by atoms with E-state index in [2.05, 4.69) is 20.8 Å². The maximum atomic E-state index is 13.1. The minimum absolute atomic E-state index is 0.00657. The van der Waals surface area contributed by atoms with Gasteiger partial charge in [0.1, 0.15) is 18.1 Å². The van der Waals surface area contributed by atoms with Crippen LogP contribution >= 0.6 is 15.9 Å². The van der Waals surface area contributed by atoms with Gasteiger partial charge in [-0.3, -0.25) is 14.5 Å². The zero-order valence-corrected chi connectivity index (χ0v) is 16.7. The maximum absolute atomic E-state index is 13.1. The van der Waals surface area contributed by atoms with Crippen molar-refractivity contribution in [1.82, 2.24) is 4.90 Å². The summed E-state index contributed by atoms with van der Waals surface area (Å²) in [6.45, 7) is 2.36. The number of carbonyl (C=O) groups is 2. The molecule has 6 nitrogen and oxygen atoms in total. The first-order chi connectivity index (χ1) is 13.5. The van der Waals surface area contributed by atoms with E-state index in [9.17, 15) is 14.0 Å². The molecule has 2 aromatic carbocycles. The summed E-state index contributed by atoms with van der Waals surface area (Å²) in [5, 5.41) is 0. The minimum atomic E-state index is -0.264. The van der Waals surface area contributed by atoms with Crippen LogP contribution in [0.4, 0.5) is 15.8 Å². The van der Waals surface area contributed by atoms with Gasteiger partial charge in [0.15, 0.2) is 6.61 Å². The molecule has 1 fully saturated rings. The first-order valence-electron chi connectivity index (χ1n) is 9.02. The Morgan fingerprint density at radius 2 is 1.79 bits per heavy atom. The lowest BCUT2D eigenvalue weighted by Gasteiger charge is -2.37. The summed E-state index contributed by atoms with van der Waals surface area (Å²) in [7, 11) is 0. The molecule has 28 heavy (non-hydrogen) atoms. The molecule has 1 saturated heterocycles. The standard InChI is InChI=1S/C20H19BrFN3O3/c21-14-1-6-17-18(11-14)28-13-20(27)25(17)12-19(26)24-9-7-23(8-10-24)16-4-2-15(22)3-5-16/h1-6,11H,7-10,12-13H2. The van der Waals surface area contributed by atoms with Crippen molar-refractivity contribution in [2.75, 3.05) is 49.1 Å². The molecule has 2 heterocycles. The predicted molar refractivity (Wildman–Crippen MR) is 107 cm³/mol. The summed E-state index contributed by atoms with van der Waals surface area (Å²) in [5.41, 5.74) is 1.55. The summed E-state index contributed by atoms with van der Waals surface area (Å²) in [4.78, 5) is 30.5. The molecule has 2 aliphatic rings. The molecule has 0 aromatic heterocycles. The van der Waals surface area contributed by atoms with Gasteiger partial charge >= 0.3 is 0 Å². The Balaban J connectivity index is 1.40. The molecule has 4 rings (SSSR count). The normalized spacial score (nSPS) is 16.6. The maximum Gasteiger partial charge on any atom is 0.265 e. The van der Waals surface area contributed by atoms with Crippen LogP contribution in [0.15, 0.2) is 46.9 Å². The molecule has 0 atom stereocenters. The van der Waals surface area contributed by atoms with E-state index in [-0.39, 0.29) is 30.8 Å². The first kappa shape index (κ1) is 18.7. The second-order valence-electron chi connectivity index (χ2n) is 6.72. The van der Waals surface area contributed by atoms with Gasteiger partial charge in [0.25, 0.3) is 5.91 Å². The number of benzene rings is 2. The second kappa shape index (κ2) is 7.79. The first-order valence-corrected chi connectivity index (χ1v) is 9.81. The van der Waals surface area contributed by atoms with Gasteiger partial charge in [-0.15, -0.1) is 0 Å².